The zero-order chi connectivity index (χ0) is 24.9. The molecule has 0 radical (unpaired) electrons. The third-order valence-corrected chi connectivity index (χ3v) is 8.10. The minimum Gasteiger partial charge on any atom is -0.452 e. The number of anilines is 2. The quantitative estimate of drug-likeness (QED) is 0.542. The largest absolute Gasteiger partial charge is 0.452 e. The van der Waals surface area contributed by atoms with Gasteiger partial charge in [0.25, 0.3) is 5.91 Å². The number of ether oxygens (including phenoxy) is 1. The number of aryl methyl sites for hydroxylation is 2. The van der Waals surface area contributed by atoms with Gasteiger partial charge in [-0.1, -0.05) is 32.0 Å². The summed E-state index contributed by atoms with van der Waals surface area (Å²) in [7, 11) is -3.75. The van der Waals surface area contributed by atoms with Crippen LogP contribution in [0.5, 0.6) is 0 Å². The Morgan fingerprint density at radius 3 is 2.24 bits per heavy atom. The predicted molar refractivity (Wildman–Crippen MR) is 133 cm³/mol. The van der Waals surface area contributed by atoms with E-state index >= 15 is 0 Å². The average molecular weight is 488 g/mol. The zero-order valence-electron chi connectivity index (χ0n) is 20.3. The Kier molecular flexibility index (Phi) is 8.33. The molecule has 0 saturated carbocycles. The van der Waals surface area contributed by atoms with Crippen molar-refractivity contribution < 1.29 is 22.7 Å². The fourth-order valence-corrected chi connectivity index (χ4v) is 5.67. The molecule has 3 rings (SSSR count). The minimum atomic E-state index is -3.75. The molecule has 1 fully saturated rings. The molecule has 184 valence electrons. The molecule has 1 aliphatic rings. The lowest BCUT2D eigenvalue weighted by Crippen LogP contribution is -2.31. The van der Waals surface area contributed by atoms with E-state index in [1.54, 1.807) is 19.9 Å². The molecule has 34 heavy (non-hydrogen) atoms. The second-order valence-corrected chi connectivity index (χ2v) is 10.3. The van der Waals surface area contributed by atoms with Crippen molar-refractivity contribution in [1.29, 1.82) is 0 Å². The highest BCUT2D eigenvalue weighted by molar-refractivity contribution is 7.89. The first kappa shape index (κ1) is 25.7. The first-order chi connectivity index (χ1) is 16.2. The maximum absolute atomic E-state index is 13.1. The monoisotopic (exact) mass is 487 g/mol. The van der Waals surface area contributed by atoms with Gasteiger partial charge in [-0.25, -0.2) is 13.2 Å². The second-order valence-electron chi connectivity index (χ2n) is 8.35. The maximum Gasteiger partial charge on any atom is 0.340 e. The van der Waals surface area contributed by atoms with Crippen molar-refractivity contribution in [2.75, 3.05) is 43.0 Å². The maximum atomic E-state index is 13.1. The third kappa shape index (κ3) is 5.59. The number of esters is 1. The lowest BCUT2D eigenvalue weighted by atomic mass is 10.1. The summed E-state index contributed by atoms with van der Waals surface area (Å²) in [5.41, 5.74) is 3.27. The second kappa shape index (κ2) is 11.0. The number of benzene rings is 2. The molecule has 1 heterocycles. The van der Waals surface area contributed by atoms with Gasteiger partial charge in [0.2, 0.25) is 10.0 Å². The van der Waals surface area contributed by atoms with Crippen LogP contribution in [0.2, 0.25) is 0 Å². The Bertz CT molecular complexity index is 1130. The predicted octanol–water partition coefficient (Wildman–Crippen LogP) is 3.73. The highest BCUT2D eigenvalue weighted by Gasteiger charge is 2.27. The third-order valence-electron chi connectivity index (χ3n) is 6.06. The molecule has 1 saturated heterocycles. The first-order valence-electron chi connectivity index (χ1n) is 11.6. The van der Waals surface area contributed by atoms with E-state index in [1.807, 2.05) is 36.9 Å². The van der Waals surface area contributed by atoms with Crippen LogP contribution in [0.3, 0.4) is 0 Å². The molecule has 0 aromatic heterocycles. The van der Waals surface area contributed by atoms with Crippen LogP contribution in [0.25, 0.3) is 0 Å². The van der Waals surface area contributed by atoms with Gasteiger partial charge >= 0.3 is 5.97 Å². The van der Waals surface area contributed by atoms with E-state index in [2.05, 4.69) is 5.32 Å². The van der Waals surface area contributed by atoms with Crippen molar-refractivity contribution in [2.24, 2.45) is 0 Å². The van der Waals surface area contributed by atoms with Crippen LogP contribution in [0.1, 0.15) is 48.2 Å². The zero-order valence-corrected chi connectivity index (χ0v) is 21.1. The van der Waals surface area contributed by atoms with E-state index in [0.29, 0.717) is 24.5 Å². The number of carbonyl (C=O) groups is 2. The summed E-state index contributed by atoms with van der Waals surface area (Å²) in [6.45, 7) is 9.03. The molecule has 0 bridgehead atoms. The molecule has 9 heteroatoms. The fourth-order valence-electron chi connectivity index (χ4n) is 4.18. The number of sulfonamides is 1. The van der Waals surface area contributed by atoms with Gasteiger partial charge in [0.15, 0.2) is 6.61 Å². The Balaban J connectivity index is 1.84. The van der Waals surface area contributed by atoms with E-state index in [-0.39, 0.29) is 10.5 Å². The SMILES string of the molecule is CCN(CC)S(=O)(=O)c1ccc(N2CCCC2)c(C(=O)OCC(=O)Nc2c(C)cccc2C)c1. The number of nitrogens with one attached hydrogen (secondary N) is 1. The molecular weight excluding hydrogens is 454 g/mol. The summed E-state index contributed by atoms with van der Waals surface area (Å²) < 4.78 is 32.7. The van der Waals surface area contributed by atoms with Crippen molar-refractivity contribution in [2.45, 2.75) is 45.4 Å². The minimum absolute atomic E-state index is 0.0334. The standard InChI is InChI=1S/C25H33N3O5S/c1-5-28(6-2)34(31,32)20-12-13-22(27-14-7-8-15-27)21(16-20)25(30)33-17-23(29)26-24-18(3)10-9-11-19(24)4/h9-13,16H,5-8,14-15,17H2,1-4H3,(H,26,29). The number of rotatable bonds is 9. The topological polar surface area (TPSA) is 96.0 Å². The van der Waals surface area contributed by atoms with Crippen LogP contribution in [0.15, 0.2) is 41.3 Å². The Morgan fingerprint density at radius 1 is 1.03 bits per heavy atom. The van der Waals surface area contributed by atoms with Crippen LogP contribution >= 0.6 is 0 Å². The molecule has 2 aromatic carbocycles. The van der Waals surface area contributed by atoms with Crippen molar-refractivity contribution in [3.05, 3.63) is 53.1 Å². The molecule has 0 spiro atoms. The molecular formula is C25H33N3O5S. The highest BCUT2D eigenvalue weighted by Crippen LogP contribution is 2.29. The van der Waals surface area contributed by atoms with Gasteiger partial charge in [-0.2, -0.15) is 4.31 Å². The number of nitrogens with zero attached hydrogens (tertiary/aromatic N) is 2. The van der Waals surface area contributed by atoms with E-state index in [4.69, 9.17) is 4.74 Å². The van der Waals surface area contributed by atoms with Crippen LogP contribution in [0, 0.1) is 13.8 Å². The highest BCUT2D eigenvalue weighted by atomic mass is 32.2. The van der Waals surface area contributed by atoms with Crippen LogP contribution in [-0.2, 0) is 19.6 Å². The summed E-state index contributed by atoms with van der Waals surface area (Å²) in [5, 5.41) is 2.79. The van der Waals surface area contributed by atoms with E-state index in [9.17, 15) is 18.0 Å². The molecule has 1 aliphatic heterocycles. The molecule has 8 nitrogen and oxygen atoms in total. The van der Waals surface area contributed by atoms with E-state index < -0.39 is 28.5 Å². The lowest BCUT2D eigenvalue weighted by Gasteiger charge is -2.23. The van der Waals surface area contributed by atoms with Crippen LogP contribution in [-0.4, -0.2) is 57.4 Å². The number of carbonyl (C=O) groups excluding carboxylic acids is 2. The van der Waals surface area contributed by atoms with Gasteiger partial charge in [0, 0.05) is 31.9 Å². The van der Waals surface area contributed by atoms with E-state index in [0.717, 1.165) is 37.1 Å². The number of para-hydroxylation sites is 1. The van der Waals surface area contributed by atoms with Crippen molar-refractivity contribution in [1.82, 2.24) is 4.31 Å². The molecule has 0 atom stereocenters. The normalized spacial score (nSPS) is 13.9. The average Bonchev–Trinajstić information content (AvgIpc) is 3.35. The van der Waals surface area contributed by atoms with Crippen molar-refractivity contribution >= 4 is 33.3 Å². The Hall–Kier alpha value is -2.91. The molecule has 0 aliphatic carbocycles. The van der Waals surface area contributed by atoms with Crippen LogP contribution < -0.4 is 10.2 Å². The lowest BCUT2D eigenvalue weighted by molar-refractivity contribution is -0.119. The van der Waals surface area contributed by atoms with Gasteiger partial charge in [-0.3, -0.25) is 4.79 Å². The number of hydrogen-bond acceptors (Lipinski definition) is 6. The van der Waals surface area contributed by atoms with Crippen LogP contribution in [0.4, 0.5) is 11.4 Å². The Morgan fingerprint density at radius 2 is 1.65 bits per heavy atom. The van der Waals surface area contributed by atoms with Gasteiger partial charge in [-0.15, -0.1) is 0 Å². The summed E-state index contributed by atoms with van der Waals surface area (Å²) in [4.78, 5) is 27.6. The molecule has 2 aromatic rings. The van der Waals surface area contributed by atoms with E-state index in [1.165, 1.54) is 16.4 Å². The number of hydrogen-bond donors (Lipinski definition) is 1. The summed E-state index contributed by atoms with van der Waals surface area (Å²) in [5.74, 6) is -1.18. The van der Waals surface area contributed by atoms with Gasteiger partial charge in [-0.05, 0) is 56.0 Å². The molecule has 1 amide bonds. The molecule has 0 unspecified atom stereocenters. The van der Waals surface area contributed by atoms with Gasteiger partial charge in [0.05, 0.1) is 16.1 Å². The van der Waals surface area contributed by atoms with Crippen molar-refractivity contribution in [3.63, 3.8) is 0 Å². The smallest absolute Gasteiger partial charge is 0.340 e. The number of amides is 1. The summed E-state index contributed by atoms with van der Waals surface area (Å²) in [6.07, 6.45) is 1.98. The fraction of sp³-hybridized carbons (Fsp3) is 0.440. The first-order valence-corrected chi connectivity index (χ1v) is 13.0. The summed E-state index contributed by atoms with van der Waals surface area (Å²) >= 11 is 0. The van der Waals surface area contributed by atoms with Crippen molar-refractivity contribution in [3.8, 4) is 0 Å². The van der Waals surface area contributed by atoms with Gasteiger partial charge in [0.1, 0.15) is 0 Å². The Labute approximate surface area is 201 Å². The summed E-state index contributed by atoms with van der Waals surface area (Å²) in [6, 6.07) is 10.2. The van der Waals surface area contributed by atoms with Gasteiger partial charge < -0.3 is 15.0 Å². The molecule has 1 N–H and O–H groups in total.